The molecule has 65 valence electrons. The normalized spacial score (nSPS) is 6.67. The third kappa shape index (κ3) is 84.7. The van der Waals surface area contributed by atoms with Crippen LogP contribution in [0.2, 0.25) is 0 Å². The van der Waals surface area contributed by atoms with Crippen molar-refractivity contribution in [1.29, 1.82) is 0 Å². The van der Waals surface area contributed by atoms with Gasteiger partial charge in [0.25, 0.3) is 0 Å². The van der Waals surface area contributed by atoms with Gasteiger partial charge in [-0.05, 0) is 0 Å². The predicted molar refractivity (Wildman–Crippen MR) is 70.5 cm³/mol. The Bertz CT molecular complexity index is 28.0. The van der Waals surface area contributed by atoms with Crippen molar-refractivity contribution in [3.8, 4) is 0 Å². The second kappa shape index (κ2) is 14.0. The van der Waals surface area contributed by atoms with Crippen molar-refractivity contribution in [2.75, 3.05) is 0 Å². The van der Waals surface area contributed by atoms with Gasteiger partial charge in [-0.2, -0.15) is 0 Å². The van der Waals surface area contributed by atoms with E-state index in [-0.39, 0.29) is 21.9 Å². The van der Waals surface area contributed by atoms with Gasteiger partial charge in [-0.3, -0.25) is 0 Å². The van der Waals surface area contributed by atoms with Gasteiger partial charge in [0.05, 0.1) is 0 Å². The Hall–Kier alpha value is 3.50. The van der Waals surface area contributed by atoms with Crippen LogP contribution in [-0.2, 0) is 1.87 Å². The Morgan fingerprint density at radius 3 is 0.556 bits per heavy atom. The van der Waals surface area contributed by atoms with E-state index in [1.807, 2.05) is 0 Å². The molecule has 8 N–H and O–H groups in total. The van der Waals surface area contributed by atoms with E-state index in [1.54, 1.807) is 0 Å². The summed E-state index contributed by atoms with van der Waals surface area (Å²) in [5.74, 6) is 0. The summed E-state index contributed by atoms with van der Waals surface area (Å²) in [7, 11) is 0. The molecule has 0 rings (SSSR count). The van der Waals surface area contributed by atoms with E-state index in [4.69, 9.17) is 0 Å². The van der Waals surface area contributed by atoms with Crippen LogP contribution in [0.1, 0.15) is 0 Å². The summed E-state index contributed by atoms with van der Waals surface area (Å²) in [5, 5.41) is 0. The van der Waals surface area contributed by atoms with Gasteiger partial charge in [0.1, 0.15) is 0 Å². The molecule has 0 amide bonds. The topological polar surface area (TPSA) is 126 Å². The molecule has 9 heavy (non-hydrogen) atoms. The van der Waals surface area contributed by atoms with E-state index >= 15 is 0 Å². The predicted octanol–water partition coefficient (Wildman–Crippen LogP) is 0.241. The average molecular weight is 673 g/mol. The van der Waals surface area contributed by atoms with Gasteiger partial charge in [-0.1, -0.05) is 0 Å². The molecule has 0 aliphatic rings. The van der Waals surface area contributed by atoms with Crippen molar-refractivity contribution in [3.63, 3.8) is 0 Å². The molecule has 0 atom stereocenters. The van der Waals surface area contributed by atoms with Crippen LogP contribution in [0.3, 0.4) is 0 Å². The molecule has 0 aromatic rings. The molecule has 4 nitrogen and oxygen atoms in total. The average Bonchev–Trinajstić information content (AvgIpc) is 0.722. The summed E-state index contributed by atoms with van der Waals surface area (Å²) in [4.78, 5) is 0. The minimum atomic E-state index is -1.22. The molecule has 9 heteroatoms. The van der Waals surface area contributed by atoms with Crippen LogP contribution < -0.4 is 0 Å². The quantitative estimate of drug-likeness (QED) is 0.259. The molecular weight excluding hydrogens is 665 g/mol. The van der Waals surface area contributed by atoms with Gasteiger partial charge >= 0.3 is 78.0 Å². The molecule has 0 bridgehead atoms. The summed E-state index contributed by atoms with van der Waals surface area (Å²) in [5.41, 5.74) is 0. The molecule has 0 aliphatic heterocycles. The summed E-state index contributed by atoms with van der Waals surface area (Å²) >= 11 is 10.2. The number of hydrogen-bond acceptors (Lipinski definition) is 0. The van der Waals surface area contributed by atoms with Crippen LogP contribution in [-0.4, -0.2) is 21.9 Å². The Labute approximate surface area is 97.2 Å². The van der Waals surface area contributed by atoms with Gasteiger partial charge < -0.3 is 21.9 Å². The molecule has 0 aromatic heterocycles. The second-order valence-corrected chi connectivity index (χ2v) is 102. The van der Waals surface area contributed by atoms with Crippen LogP contribution in [0.25, 0.3) is 0 Å². The first-order valence-corrected chi connectivity index (χ1v) is 26.8. The van der Waals surface area contributed by atoms with Gasteiger partial charge in [-0.25, -0.2) is 0 Å². The van der Waals surface area contributed by atoms with Crippen molar-refractivity contribution in [2.24, 2.45) is 0 Å². The Morgan fingerprint density at radius 2 is 0.556 bits per heavy atom. The fraction of sp³-hybridized carbons (Fsp3) is 0. The van der Waals surface area contributed by atoms with E-state index in [9.17, 15) is 0 Å². The first-order valence-electron chi connectivity index (χ1n) is 0.676. The summed E-state index contributed by atoms with van der Waals surface area (Å²) in [6.07, 6.45) is 0. The third-order valence-electron chi connectivity index (χ3n) is 0. The third-order valence-corrected chi connectivity index (χ3v) is 0. The summed E-state index contributed by atoms with van der Waals surface area (Å²) < 4.78 is -1.22. The fourth-order valence-electron chi connectivity index (χ4n) is 0. The van der Waals surface area contributed by atoms with Crippen LogP contribution in [0.4, 0.5) is 0 Å². The SMILES string of the molecule is O.O.O.O.[I][Nb]([I])([I])[I]. The van der Waals surface area contributed by atoms with Gasteiger partial charge in [0.15, 0.2) is 0 Å². The number of hydrogen-bond donors (Lipinski definition) is 0. The van der Waals surface area contributed by atoms with Gasteiger partial charge in [0.2, 0.25) is 0 Å². The molecule has 0 aromatic carbocycles. The van der Waals surface area contributed by atoms with E-state index < -0.39 is 1.87 Å². The van der Waals surface area contributed by atoms with E-state index in [0.29, 0.717) is 0 Å². The molecule has 0 fully saturated rings. The summed E-state index contributed by atoms with van der Waals surface area (Å²) in [6.45, 7) is 0. The molecule has 0 unspecified atom stereocenters. The Kier molecular flexibility index (Phi) is 45.9. The van der Waals surface area contributed by atoms with Crippen molar-refractivity contribution in [2.45, 2.75) is 0 Å². The maximum absolute atomic E-state index is 2.54. The molecule has 0 heterocycles. The molecule has 0 radical (unpaired) electrons. The van der Waals surface area contributed by atoms with E-state index in [0.717, 1.165) is 0 Å². The van der Waals surface area contributed by atoms with Crippen LogP contribution in [0.15, 0.2) is 0 Å². The van der Waals surface area contributed by atoms with Gasteiger partial charge in [-0.15, -0.1) is 0 Å². The number of rotatable bonds is 0. The van der Waals surface area contributed by atoms with Crippen molar-refractivity contribution in [3.05, 3.63) is 0 Å². The van der Waals surface area contributed by atoms with Crippen molar-refractivity contribution < 1.29 is 23.8 Å². The molecule has 0 spiro atoms. The first kappa shape index (κ1) is 29.4. The van der Waals surface area contributed by atoms with Crippen LogP contribution in [0, 0.1) is 0 Å². The van der Waals surface area contributed by atoms with Crippen LogP contribution in [0.5, 0.6) is 0 Å². The zero-order valence-corrected chi connectivity index (χ0v) is 14.8. The van der Waals surface area contributed by atoms with Crippen molar-refractivity contribution >= 4 is 76.1 Å². The minimum absolute atomic E-state index is 0. The molecule has 0 aliphatic carbocycles. The Morgan fingerprint density at radius 1 is 0.556 bits per heavy atom. The standard InChI is InChI=1S/4HI.Nb.4H2O/h4*1H;;4*1H2/q;;;;+4;;;;/p-4. The Balaban J connectivity index is -0.0000000133. The zero-order valence-electron chi connectivity index (χ0n) is 3.96. The van der Waals surface area contributed by atoms with Crippen molar-refractivity contribution in [1.82, 2.24) is 0 Å². The second-order valence-electron chi connectivity index (χ2n) is 0.383. The monoisotopic (exact) mass is 673 g/mol. The number of halogens is 4. The maximum atomic E-state index is 2.54. The van der Waals surface area contributed by atoms with E-state index in [2.05, 4.69) is 76.1 Å². The molecule has 0 saturated heterocycles. The van der Waals surface area contributed by atoms with Gasteiger partial charge in [0, 0.05) is 0 Å². The fourth-order valence-corrected chi connectivity index (χ4v) is 0. The van der Waals surface area contributed by atoms with E-state index in [1.165, 1.54) is 0 Å². The molecule has 0 saturated carbocycles. The summed E-state index contributed by atoms with van der Waals surface area (Å²) in [6, 6.07) is 0. The molecular formula is H8I4NbO4. The van der Waals surface area contributed by atoms with Crippen LogP contribution >= 0.6 is 76.1 Å². The first-order chi connectivity index (χ1) is 2.00. The zero-order chi connectivity index (χ0) is 4.50.